The summed E-state index contributed by atoms with van der Waals surface area (Å²) in [5.41, 5.74) is 1.44. The lowest BCUT2D eigenvalue weighted by molar-refractivity contribution is 0.414. The normalized spacial score (nSPS) is 11.2. The molecule has 1 heterocycles. The fourth-order valence-electron chi connectivity index (χ4n) is 2.29. The molecule has 7 heteroatoms. The highest BCUT2D eigenvalue weighted by Crippen LogP contribution is 2.22. The van der Waals surface area contributed by atoms with E-state index in [1.165, 1.54) is 0 Å². The lowest BCUT2D eigenvalue weighted by Crippen LogP contribution is -2.15. The van der Waals surface area contributed by atoms with Gasteiger partial charge in [0, 0.05) is 6.07 Å². The summed E-state index contributed by atoms with van der Waals surface area (Å²) in [7, 11) is -2.09. The van der Waals surface area contributed by atoms with Gasteiger partial charge < -0.3 is 4.74 Å². The third-order valence-corrected chi connectivity index (χ3v) is 4.81. The Morgan fingerprint density at radius 3 is 2.33 bits per heavy atom. The summed E-state index contributed by atoms with van der Waals surface area (Å²) in [5.74, 6) is 1.09. The molecule has 0 aliphatic heterocycles. The van der Waals surface area contributed by atoms with Crippen LogP contribution in [-0.2, 0) is 10.0 Å². The quantitative estimate of drug-likeness (QED) is 0.773. The highest BCUT2D eigenvalue weighted by Gasteiger charge is 2.17. The highest BCUT2D eigenvalue weighted by atomic mass is 32.2. The lowest BCUT2D eigenvalue weighted by atomic mass is 10.3. The molecule has 0 atom stereocenters. The van der Waals surface area contributed by atoms with Crippen molar-refractivity contribution >= 4 is 15.8 Å². The molecule has 3 aromatic rings. The fraction of sp³-hybridized carbons (Fsp3) is 0.118. The van der Waals surface area contributed by atoms with E-state index in [9.17, 15) is 8.42 Å². The van der Waals surface area contributed by atoms with Gasteiger partial charge in [-0.2, -0.15) is 5.10 Å². The lowest BCUT2D eigenvalue weighted by Gasteiger charge is -2.11. The second-order valence-electron chi connectivity index (χ2n) is 5.20. The van der Waals surface area contributed by atoms with Crippen LogP contribution in [0.2, 0.25) is 0 Å². The number of sulfonamides is 1. The summed E-state index contributed by atoms with van der Waals surface area (Å²) in [4.78, 5) is 0.199. The highest BCUT2D eigenvalue weighted by molar-refractivity contribution is 7.92. The molecule has 124 valence electrons. The summed E-state index contributed by atoms with van der Waals surface area (Å²) in [6, 6.07) is 17.1. The topological polar surface area (TPSA) is 73.2 Å². The molecule has 0 saturated heterocycles. The Balaban J connectivity index is 1.97. The smallest absolute Gasteiger partial charge is 0.263 e. The third-order valence-electron chi connectivity index (χ3n) is 3.44. The van der Waals surface area contributed by atoms with Crippen LogP contribution in [0.3, 0.4) is 0 Å². The number of ether oxygens (including phenoxy) is 1. The Bertz CT molecular complexity index is 933. The summed E-state index contributed by atoms with van der Waals surface area (Å²) in [5, 5.41) is 4.36. The van der Waals surface area contributed by atoms with E-state index in [1.807, 2.05) is 12.1 Å². The van der Waals surface area contributed by atoms with Crippen LogP contribution >= 0.6 is 0 Å². The predicted octanol–water partition coefficient (Wildman–Crippen LogP) is 2.99. The Morgan fingerprint density at radius 2 is 1.71 bits per heavy atom. The van der Waals surface area contributed by atoms with E-state index in [2.05, 4.69) is 9.82 Å². The molecule has 2 aromatic carbocycles. The summed E-state index contributed by atoms with van der Waals surface area (Å²) in [6.07, 6.45) is 0. The molecule has 0 saturated carbocycles. The van der Waals surface area contributed by atoms with E-state index >= 15 is 0 Å². The fourth-order valence-corrected chi connectivity index (χ4v) is 3.34. The number of aryl methyl sites for hydroxylation is 1. The van der Waals surface area contributed by atoms with E-state index < -0.39 is 10.0 Å². The van der Waals surface area contributed by atoms with Crippen molar-refractivity contribution in [2.24, 2.45) is 0 Å². The van der Waals surface area contributed by atoms with Crippen molar-refractivity contribution in [3.05, 3.63) is 66.4 Å². The molecular formula is C17H17N3O3S. The summed E-state index contributed by atoms with van der Waals surface area (Å²) >= 11 is 0. The van der Waals surface area contributed by atoms with Crippen LogP contribution in [0, 0.1) is 6.92 Å². The standard InChI is InChI=1S/C17H17N3O3S/c1-13-12-17(19-24(21,22)16-6-4-3-5-7-16)20(18-13)14-8-10-15(23-2)11-9-14/h3-12,19H,1-2H3. The zero-order chi connectivity index (χ0) is 17.2. The van der Waals surface area contributed by atoms with E-state index in [0.29, 0.717) is 17.3 Å². The van der Waals surface area contributed by atoms with Crippen molar-refractivity contribution in [3.8, 4) is 11.4 Å². The van der Waals surface area contributed by atoms with Crippen LogP contribution in [0.25, 0.3) is 5.69 Å². The number of hydrogen-bond acceptors (Lipinski definition) is 4. The first kappa shape index (κ1) is 16.1. The summed E-state index contributed by atoms with van der Waals surface area (Å²) < 4.78 is 34.3. The number of nitrogens with zero attached hydrogens (tertiary/aromatic N) is 2. The van der Waals surface area contributed by atoms with Gasteiger partial charge in [-0.1, -0.05) is 18.2 Å². The average molecular weight is 343 g/mol. The molecule has 0 radical (unpaired) electrons. The number of rotatable bonds is 5. The predicted molar refractivity (Wildman–Crippen MR) is 92.1 cm³/mol. The minimum atomic E-state index is -3.68. The second kappa shape index (κ2) is 6.37. The van der Waals surface area contributed by atoms with Crippen LogP contribution < -0.4 is 9.46 Å². The van der Waals surface area contributed by atoms with Crippen molar-refractivity contribution in [2.45, 2.75) is 11.8 Å². The number of aromatic nitrogens is 2. The monoisotopic (exact) mass is 343 g/mol. The molecule has 0 unspecified atom stereocenters. The van der Waals surface area contributed by atoms with Gasteiger partial charge in [-0.05, 0) is 43.3 Å². The molecule has 6 nitrogen and oxygen atoms in total. The van der Waals surface area contributed by atoms with Gasteiger partial charge >= 0.3 is 0 Å². The van der Waals surface area contributed by atoms with Crippen LogP contribution in [0.1, 0.15) is 5.69 Å². The minimum Gasteiger partial charge on any atom is -0.497 e. The average Bonchev–Trinajstić information content (AvgIpc) is 2.95. The molecule has 0 aliphatic carbocycles. The molecule has 1 N–H and O–H groups in total. The first-order valence-electron chi connectivity index (χ1n) is 7.28. The summed E-state index contributed by atoms with van der Waals surface area (Å²) in [6.45, 7) is 1.81. The van der Waals surface area contributed by atoms with Crippen LogP contribution in [0.4, 0.5) is 5.82 Å². The SMILES string of the molecule is COc1ccc(-n2nc(C)cc2NS(=O)(=O)c2ccccc2)cc1. The molecule has 0 bridgehead atoms. The second-order valence-corrected chi connectivity index (χ2v) is 6.88. The number of benzene rings is 2. The Hall–Kier alpha value is -2.80. The Kier molecular flexibility index (Phi) is 4.26. The van der Waals surface area contributed by atoms with Gasteiger partial charge in [-0.3, -0.25) is 4.72 Å². The third kappa shape index (κ3) is 3.26. The number of nitrogens with one attached hydrogen (secondary N) is 1. The van der Waals surface area contributed by atoms with Gasteiger partial charge in [0.2, 0.25) is 0 Å². The number of methoxy groups -OCH3 is 1. The molecule has 24 heavy (non-hydrogen) atoms. The molecule has 0 spiro atoms. The van der Waals surface area contributed by atoms with Gasteiger partial charge in [0.15, 0.2) is 0 Å². The van der Waals surface area contributed by atoms with Crippen molar-refractivity contribution in [3.63, 3.8) is 0 Å². The molecule has 0 amide bonds. The number of anilines is 1. The van der Waals surface area contributed by atoms with E-state index in [-0.39, 0.29) is 4.90 Å². The molecular weight excluding hydrogens is 326 g/mol. The van der Waals surface area contributed by atoms with Crippen LogP contribution in [-0.4, -0.2) is 25.3 Å². The zero-order valence-electron chi connectivity index (χ0n) is 13.3. The maximum atomic E-state index is 12.5. The van der Waals surface area contributed by atoms with Gasteiger partial charge in [0.05, 0.1) is 23.4 Å². The van der Waals surface area contributed by atoms with Gasteiger partial charge in [-0.15, -0.1) is 0 Å². The van der Waals surface area contributed by atoms with Crippen LogP contribution in [0.5, 0.6) is 5.75 Å². The molecule has 0 aliphatic rings. The Morgan fingerprint density at radius 1 is 1.04 bits per heavy atom. The molecule has 0 fully saturated rings. The minimum absolute atomic E-state index is 0.199. The first-order valence-corrected chi connectivity index (χ1v) is 8.77. The van der Waals surface area contributed by atoms with Crippen molar-refractivity contribution in [2.75, 3.05) is 11.8 Å². The first-order chi connectivity index (χ1) is 11.5. The van der Waals surface area contributed by atoms with E-state index in [1.54, 1.807) is 67.2 Å². The van der Waals surface area contributed by atoms with Crippen LogP contribution in [0.15, 0.2) is 65.6 Å². The Labute approximate surface area is 140 Å². The molecule has 1 aromatic heterocycles. The van der Waals surface area contributed by atoms with Crippen molar-refractivity contribution < 1.29 is 13.2 Å². The van der Waals surface area contributed by atoms with Gasteiger partial charge in [0.1, 0.15) is 11.6 Å². The largest absolute Gasteiger partial charge is 0.497 e. The van der Waals surface area contributed by atoms with Gasteiger partial charge in [-0.25, -0.2) is 13.1 Å². The maximum Gasteiger partial charge on any atom is 0.263 e. The van der Waals surface area contributed by atoms with Gasteiger partial charge in [0.25, 0.3) is 10.0 Å². The molecule has 3 rings (SSSR count). The van der Waals surface area contributed by atoms with Crippen molar-refractivity contribution in [1.29, 1.82) is 0 Å². The van der Waals surface area contributed by atoms with E-state index in [0.717, 1.165) is 5.69 Å². The zero-order valence-corrected chi connectivity index (χ0v) is 14.1. The van der Waals surface area contributed by atoms with Crippen molar-refractivity contribution in [1.82, 2.24) is 9.78 Å². The maximum absolute atomic E-state index is 12.5. The number of hydrogen-bond donors (Lipinski definition) is 1. The van der Waals surface area contributed by atoms with E-state index in [4.69, 9.17) is 4.74 Å².